The summed E-state index contributed by atoms with van der Waals surface area (Å²) in [5.41, 5.74) is 6.80. The number of methoxy groups -OCH3 is 1. The van der Waals surface area contributed by atoms with Gasteiger partial charge in [0.25, 0.3) is 0 Å². The van der Waals surface area contributed by atoms with Gasteiger partial charge in [-0.1, -0.05) is 13.8 Å². The summed E-state index contributed by atoms with van der Waals surface area (Å²) in [7, 11) is 1.68. The molecule has 0 radical (unpaired) electrons. The highest BCUT2D eigenvalue weighted by Crippen LogP contribution is 2.19. The van der Waals surface area contributed by atoms with Gasteiger partial charge in [-0.2, -0.15) is 0 Å². The lowest BCUT2D eigenvalue weighted by atomic mass is 10.2. The van der Waals surface area contributed by atoms with Crippen molar-refractivity contribution in [1.82, 2.24) is 0 Å². The first-order chi connectivity index (χ1) is 9.67. The smallest absolute Gasteiger partial charge is 0.119 e. The van der Waals surface area contributed by atoms with Crippen LogP contribution in [0.4, 0.5) is 5.69 Å². The maximum atomic E-state index is 5.67. The maximum Gasteiger partial charge on any atom is 0.119 e. The van der Waals surface area contributed by atoms with E-state index in [1.165, 1.54) is 5.69 Å². The van der Waals surface area contributed by atoms with Crippen LogP contribution in [-0.4, -0.2) is 40.0 Å². The summed E-state index contributed by atoms with van der Waals surface area (Å²) in [5.74, 6) is 1.46. The van der Waals surface area contributed by atoms with E-state index in [1.807, 2.05) is 12.1 Å². The monoisotopic (exact) mass is 280 g/mol. The molecular formula is C16H28N2O2. The molecule has 1 aromatic rings. The highest BCUT2D eigenvalue weighted by Gasteiger charge is 2.06. The molecular weight excluding hydrogens is 252 g/mol. The SMILES string of the molecule is COc1ccc(N(CCCN)CCOCC(C)C)cc1. The van der Waals surface area contributed by atoms with E-state index < -0.39 is 0 Å². The van der Waals surface area contributed by atoms with Crippen LogP contribution >= 0.6 is 0 Å². The zero-order chi connectivity index (χ0) is 14.8. The van der Waals surface area contributed by atoms with Crippen molar-refractivity contribution in [3.05, 3.63) is 24.3 Å². The number of hydrogen-bond acceptors (Lipinski definition) is 4. The van der Waals surface area contributed by atoms with Crippen LogP contribution in [0, 0.1) is 5.92 Å². The van der Waals surface area contributed by atoms with Crippen molar-refractivity contribution >= 4 is 5.69 Å². The Morgan fingerprint density at radius 1 is 1.15 bits per heavy atom. The second-order valence-corrected chi connectivity index (χ2v) is 5.30. The third kappa shape index (κ3) is 6.26. The minimum absolute atomic E-state index is 0.577. The van der Waals surface area contributed by atoms with E-state index in [0.717, 1.165) is 38.5 Å². The molecule has 0 aliphatic heterocycles. The number of anilines is 1. The Kier molecular flexibility index (Phi) is 8.07. The Labute approximate surface area is 122 Å². The molecule has 0 amide bonds. The Bertz CT molecular complexity index is 352. The molecule has 20 heavy (non-hydrogen) atoms. The molecule has 4 nitrogen and oxygen atoms in total. The molecule has 1 aromatic carbocycles. The van der Waals surface area contributed by atoms with E-state index >= 15 is 0 Å². The summed E-state index contributed by atoms with van der Waals surface area (Å²) >= 11 is 0. The summed E-state index contributed by atoms with van der Waals surface area (Å²) in [4.78, 5) is 2.31. The van der Waals surface area contributed by atoms with Crippen molar-refractivity contribution < 1.29 is 9.47 Å². The largest absolute Gasteiger partial charge is 0.497 e. The summed E-state index contributed by atoms with van der Waals surface area (Å²) in [6, 6.07) is 8.13. The average Bonchev–Trinajstić information content (AvgIpc) is 2.46. The number of nitrogens with zero attached hydrogens (tertiary/aromatic N) is 1. The molecule has 0 atom stereocenters. The third-order valence-electron chi connectivity index (χ3n) is 3.03. The molecule has 0 saturated carbocycles. The Morgan fingerprint density at radius 2 is 1.85 bits per heavy atom. The lowest BCUT2D eigenvalue weighted by Gasteiger charge is -2.25. The van der Waals surface area contributed by atoms with E-state index in [9.17, 15) is 0 Å². The summed E-state index contributed by atoms with van der Waals surface area (Å²) in [6.45, 7) is 8.43. The van der Waals surface area contributed by atoms with Gasteiger partial charge in [-0.15, -0.1) is 0 Å². The van der Waals surface area contributed by atoms with Gasteiger partial charge in [-0.25, -0.2) is 0 Å². The van der Waals surface area contributed by atoms with Gasteiger partial charge in [0.15, 0.2) is 0 Å². The lowest BCUT2D eigenvalue weighted by molar-refractivity contribution is 0.115. The molecule has 114 valence electrons. The van der Waals surface area contributed by atoms with Crippen LogP contribution in [0.15, 0.2) is 24.3 Å². The molecule has 0 fully saturated rings. The molecule has 2 N–H and O–H groups in total. The minimum Gasteiger partial charge on any atom is -0.497 e. The van der Waals surface area contributed by atoms with Crippen molar-refractivity contribution in [2.45, 2.75) is 20.3 Å². The van der Waals surface area contributed by atoms with E-state index in [0.29, 0.717) is 12.5 Å². The zero-order valence-corrected chi connectivity index (χ0v) is 13.0. The second-order valence-electron chi connectivity index (χ2n) is 5.30. The molecule has 0 unspecified atom stereocenters. The van der Waals surface area contributed by atoms with Gasteiger partial charge >= 0.3 is 0 Å². The van der Waals surface area contributed by atoms with Crippen molar-refractivity contribution in [2.24, 2.45) is 11.7 Å². The van der Waals surface area contributed by atoms with Gasteiger partial charge in [0.1, 0.15) is 5.75 Å². The Morgan fingerprint density at radius 3 is 2.40 bits per heavy atom. The molecule has 0 aromatic heterocycles. The zero-order valence-electron chi connectivity index (χ0n) is 13.0. The van der Waals surface area contributed by atoms with Crippen molar-refractivity contribution in [2.75, 3.05) is 44.9 Å². The van der Waals surface area contributed by atoms with E-state index in [1.54, 1.807) is 7.11 Å². The van der Waals surface area contributed by atoms with E-state index in [-0.39, 0.29) is 0 Å². The molecule has 0 spiro atoms. The molecule has 0 aliphatic carbocycles. The van der Waals surface area contributed by atoms with Crippen LogP contribution in [0.1, 0.15) is 20.3 Å². The number of benzene rings is 1. The normalized spacial score (nSPS) is 10.8. The van der Waals surface area contributed by atoms with Gasteiger partial charge in [-0.05, 0) is 43.1 Å². The average molecular weight is 280 g/mol. The van der Waals surface area contributed by atoms with Gasteiger partial charge in [0, 0.05) is 25.4 Å². The number of ether oxygens (including phenoxy) is 2. The molecule has 0 heterocycles. The van der Waals surface area contributed by atoms with Crippen LogP contribution in [-0.2, 0) is 4.74 Å². The van der Waals surface area contributed by atoms with Crippen molar-refractivity contribution in [3.8, 4) is 5.75 Å². The second kappa shape index (κ2) is 9.61. The highest BCUT2D eigenvalue weighted by atomic mass is 16.5. The van der Waals surface area contributed by atoms with Crippen LogP contribution in [0.2, 0.25) is 0 Å². The molecule has 0 saturated heterocycles. The fourth-order valence-electron chi connectivity index (χ4n) is 1.94. The van der Waals surface area contributed by atoms with Crippen LogP contribution in [0.5, 0.6) is 5.75 Å². The van der Waals surface area contributed by atoms with Crippen LogP contribution < -0.4 is 15.4 Å². The first-order valence-electron chi connectivity index (χ1n) is 7.34. The van der Waals surface area contributed by atoms with Crippen LogP contribution in [0.25, 0.3) is 0 Å². The third-order valence-corrected chi connectivity index (χ3v) is 3.03. The summed E-state index contributed by atoms with van der Waals surface area (Å²) < 4.78 is 10.9. The number of nitrogens with two attached hydrogens (primary N) is 1. The first-order valence-corrected chi connectivity index (χ1v) is 7.34. The molecule has 4 heteroatoms. The Hall–Kier alpha value is -1.26. The predicted octanol–water partition coefficient (Wildman–Crippen LogP) is 2.52. The quantitative estimate of drug-likeness (QED) is 0.669. The first kappa shape index (κ1) is 16.8. The minimum atomic E-state index is 0.577. The Balaban J connectivity index is 2.53. The maximum absolute atomic E-state index is 5.67. The van der Waals surface area contributed by atoms with Crippen LogP contribution in [0.3, 0.4) is 0 Å². The van der Waals surface area contributed by atoms with Crippen molar-refractivity contribution in [1.29, 1.82) is 0 Å². The molecule has 0 aliphatic rings. The van der Waals surface area contributed by atoms with E-state index in [4.69, 9.17) is 15.2 Å². The van der Waals surface area contributed by atoms with E-state index in [2.05, 4.69) is 30.9 Å². The van der Waals surface area contributed by atoms with Gasteiger partial charge in [-0.3, -0.25) is 0 Å². The number of rotatable bonds is 10. The summed E-state index contributed by atoms with van der Waals surface area (Å²) in [6.07, 6.45) is 0.982. The standard InChI is InChI=1S/C16H28N2O2/c1-14(2)13-20-12-11-18(10-4-9-17)15-5-7-16(19-3)8-6-15/h5-8,14H,4,9-13,17H2,1-3H3. The molecule has 1 rings (SSSR count). The molecule has 0 bridgehead atoms. The highest BCUT2D eigenvalue weighted by molar-refractivity contribution is 5.49. The topological polar surface area (TPSA) is 47.7 Å². The predicted molar refractivity (Wildman–Crippen MR) is 84.5 cm³/mol. The lowest BCUT2D eigenvalue weighted by Crippen LogP contribution is -2.30. The number of hydrogen-bond donors (Lipinski definition) is 1. The van der Waals surface area contributed by atoms with Gasteiger partial charge in [0.05, 0.1) is 13.7 Å². The van der Waals surface area contributed by atoms with Crippen molar-refractivity contribution in [3.63, 3.8) is 0 Å². The summed E-state index contributed by atoms with van der Waals surface area (Å²) in [5, 5.41) is 0. The van der Waals surface area contributed by atoms with Gasteiger partial charge < -0.3 is 20.1 Å². The fourth-order valence-corrected chi connectivity index (χ4v) is 1.94. The fraction of sp³-hybridized carbons (Fsp3) is 0.625. The van der Waals surface area contributed by atoms with Gasteiger partial charge in [0.2, 0.25) is 0 Å².